The highest BCUT2D eigenvalue weighted by atomic mass is 16.5. The fourth-order valence-corrected chi connectivity index (χ4v) is 1.71. The Kier molecular flexibility index (Phi) is 6.29. The van der Waals surface area contributed by atoms with Gasteiger partial charge in [-0.1, -0.05) is 30.3 Å². The van der Waals surface area contributed by atoms with E-state index in [-0.39, 0.29) is 6.61 Å². The zero-order chi connectivity index (χ0) is 13.4. The van der Waals surface area contributed by atoms with Gasteiger partial charge in [0.15, 0.2) is 0 Å². The summed E-state index contributed by atoms with van der Waals surface area (Å²) < 4.78 is 5.15. The molecule has 1 aromatic rings. The van der Waals surface area contributed by atoms with Crippen molar-refractivity contribution in [3.63, 3.8) is 0 Å². The predicted octanol–water partition coefficient (Wildman–Crippen LogP) is 0.881. The molecule has 1 aromatic carbocycles. The molecular formula is C14H23NO3. The number of hydrogen-bond acceptors (Lipinski definition) is 4. The van der Waals surface area contributed by atoms with E-state index in [1.165, 1.54) is 0 Å². The monoisotopic (exact) mass is 253 g/mol. The number of hydrogen-bond donors (Lipinski definition) is 3. The van der Waals surface area contributed by atoms with E-state index in [2.05, 4.69) is 5.32 Å². The highest BCUT2D eigenvalue weighted by molar-refractivity contribution is 5.23. The molecule has 0 amide bonds. The quantitative estimate of drug-likeness (QED) is 0.643. The Morgan fingerprint density at radius 1 is 1.33 bits per heavy atom. The van der Waals surface area contributed by atoms with Crippen LogP contribution in [0.25, 0.3) is 0 Å². The molecule has 0 aliphatic carbocycles. The topological polar surface area (TPSA) is 61.7 Å². The first kappa shape index (κ1) is 15.1. The predicted molar refractivity (Wildman–Crippen MR) is 71.4 cm³/mol. The molecule has 0 fully saturated rings. The summed E-state index contributed by atoms with van der Waals surface area (Å²) in [5, 5.41) is 22.5. The van der Waals surface area contributed by atoms with Crippen LogP contribution in [-0.4, -0.2) is 42.7 Å². The Hall–Kier alpha value is -0.940. The van der Waals surface area contributed by atoms with Gasteiger partial charge in [0.25, 0.3) is 0 Å². The molecule has 0 spiro atoms. The summed E-state index contributed by atoms with van der Waals surface area (Å²) in [4.78, 5) is 0. The van der Waals surface area contributed by atoms with Gasteiger partial charge in [-0.15, -0.1) is 0 Å². The number of aliphatic hydroxyl groups excluding tert-OH is 2. The standard InChI is InChI=1S/C14H23NO3/c1-3-18-10-13(17)9-15-14(2,11-16)12-7-5-4-6-8-12/h4-8,13,15-17H,3,9-11H2,1-2H3. The lowest BCUT2D eigenvalue weighted by Gasteiger charge is -2.30. The van der Waals surface area contributed by atoms with Gasteiger partial charge in [0.1, 0.15) is 0 Å². The Bertz CT molecular complexity index is 331. The largest absolute Gasteiger partial charge is 0.394 e. The van der Waals surface area contributed by atoms with Gasteiger partial charge in [-0.3, -0.25) is 0 Å². The summed E-state index contributed by atoms with van der Waals surface area (Å²) in [6.07, 6.45) is -0.570. The molecule has 0 aliphatic rings. The molecule has 1 rings (SSSR count). The van der Waals surface area contributed by atoms with Gasteiger partial charge in [-0.2, -0.15) is 0 Å². The molecular weight excluding hydrogens is 230 g/mol. The second kappa shape index (κ2) is 7.48. The molecule has 4 heteroatoms. The van der Waals surface area contributed by atoms with Gasteiger partial charge in [-0.05, 0) is 19.4 Å². The van der Waals surface area contributed by atoms with Crippen LogP contribution < -0.4 is 5.32 Å². The van der Waals surface area contributed by atoms with Crippen LogP contribution in [0.1, 0.15) is 19.4 Å². The van der Waals surface area contributed by atoms with Crippen molar-refractivity contribution in [1.29, 1.82) is 0 Å². The molecule has 0 heterocycles. The molecule has 0 saturated heterocycles. The summed E-state index contributed by atoms with van der Waals surface area (Å²) >= 11 is 0. The first-order valence-electron chi connectivity index (χ1n) is 6.29. The fourth-order valence-electron chi connectivity index (χ4n) is 1.71. The molecule has 3 N–H and O–H groups in total. The zero-order valence-electron chi connectivity index (χ0n) is 11.1. The maximum atomic E-state index is 9.72. The molecule has 0 aliphatic heterocycles. The number of aliphatic hydroxyl groups is 2. The van der Waals surface area contributed by atoms with Crippen LogP contribution >= 0.6 is 0 Å². The lowest BCUT2D eigenvalue weighted by molar-refractivity contribution is 0.0351. The molecule has 102 valence electrons. The molecule has 2 atom stereocenters. The molecule has 0 aromatic heterocycles. The molecule has 18 heavy (non-hydrogen) atoms. The SMILES string of the molecule is CCOCC(O)CNC(C)(CO)c1ccccc1. The van der Waals surface area contributed by atoms with Gasteiger partial charge < -0.3 is 20.3 Å². The van der Waals surface area contributed by atoms with E-state index in [0.717, 1.165) is 5.56 Å². The molecule has 0 bridgehead atoms. The Morgan fingerprint density at radius 2 is 2.00 bits per heavy atom. The fraction of sp³-hybridized carbons (Fsp3) is 0.571. The summed E-state index contributed by atoms with van der Waals surface area (Å²) in [5.41, 5.74) is 0.449. The van der Waals surface area contributed by atoms with Crippen molar-refractivity contribution in [2.24, 2.45) is 0 Å². The third kappa shape index (κ3) is 4.38. The minimum atomic E-state index is -0.570. The van der Waals surface area contributed by atoms with E-state index < -0.39 is 11.6 Å². The number of nitrogens with one attached hydrogen (secondary N) is 1. The van der Waals surface area contributed by atoms with Crippen molar-refractivity contribution in [2.75, 3.05) is 26.4 Å². The van der Waals surface area contributed by atoms with Gasteiger partial charge in [0.05, 0.1) is 24.9 Å². The van der Waals surface area contributed by atoms with Crippen molar-refractivity contribution >= 4 is 0 Å². The minimum absolute atomic E-state index is 0.0294. The van der Waals surface area contributed by atoms with Crippen LogP contribution in [0, 0.1) is 0 Å². The van der Waals surface area contributed by atoms with Crippen molar-refractivity contribution in [1.82, 2.24) is 5.32 Å². The normalized spacial score (nSPS) is 16.2. The van der Waals surface area contributed by atoms with E-state index in [1.807, 2.05) is 44.2 Å². The van der Waals surface area contributed by atoms with E-state index >= 15 is 0 Å². The third-order valence-electron chi connectivity index (χ3n) is 2.97. The van der Waals surface area contributed by atoms with E-state index in [9.17, 15) is 10.2 Å². The first-order valence-corrected chi connectivity index (χ1v) is 6.29. The Morgan fingerprint density at radius 3 is 2.56 bits per heavy atom. The highest BCUT2D eigenvalue weighted by Gasteiger charge is 2.25. The van der Waals surface area contributed by atoms with Crippen LogP contribution in [0.2, 0.25) is 0 Å². The second-order valence-corrected chi connectivity index (χ2v) is 4.55. The molecule has 0 saturated carbocycles. The summed E-state index contributed by atoms with van der Waals surface area (Å²) in [5.74, 6) is 0. The van der Waals surface area contributed by atoms with Crippen molar-refractivity contribution in [2.45, 2.75) is 25.5 Å². The summed E-state index contributed by atoms with van der Waals surface area (Å²) in [6.45, 7) is 5.05. The Balaban J connectivity index is 2.56. The maximum absolute atomic E-state index is 9.72. The lowest BCUT2D eigenvalue weighted by Crippen LogP contribution is -2.47. The number of benzene rings is 1. The van der Waals surface area contributed by atoms with E-state index in [0.29, 0.717) is 19.8 Å². The van der Waals surface area contributed by atoms with Crippen LogP contribution in [0.4, 0.5) is 0 Å². The van der Waals surface area contributed by atoms with E-state index in [1.54, 1.807) is 0 Å². The van der Waals surface area contributed by atoms with Gasteiger partial charge in [0, 0.05) is 13.2 Å². The van der Waals surface area contributed by atoms with E-state index in [4.69, 9.17) is 4.74 Å². The number of rotatable bonds is 8. The lowest BCUT2D eigenvalue weighted by atomic mass is 9.93. The zero-order valence-corrected chi connectivity index (χ0v) is 11.1. The number of ether oxygens (including phenoxy) is 1. The second-order valence-electron chi connectivity index (χ2n) is 4.55. The first-order chi connectivity index (χ1) is 8.62. The smallest absolute Gasteiger partial charge is 0.0897 e. The van der Waals surface area contributed by atoms with Crippen molar-refractivity contribution in [3.8, 4) is 0 Å². The molecule has 0 radical (unpaired) electrons. The van der Waals surface area contributed by atoms with Gasteiger partial charge >= 0.3 is 0 Å². The highest BCUT2D eigenvalue weighted by Crippen LogP contribution is 2.19. The van der Waals surface area contributed by atoms with Crippen LogP contribution in [0.5, 0.6) is 0 Å². The van der Waals surface area contributed by atoms with Gasteiger partial charge in [-0.25, -0.2) is 0 Å². The molecule has 4 nitrogen and oxygen atoms in total. The average Bonchev–Trinajstić information content (AvgIpc) is 2.43. The van der Waals surface area contributed by atoms with Gasteiger partial charge in [0.2, 0.25) is 0 Å². The van der Waals surface area contributed by atoms with Crippen molar-refractivity contribution in [3.05, 3.63) is 35.9 Å². The average molecular weight is 253 g/mol. The van der Waals surface area contributed by atoms with Crippen LogP contribution in [0.15, 0.2) is 30.3 Å². The third-order valence-corrected chi connectivity index (χ3v) is 2.97. The van der Waals surface area contributed by atoms with Crippen molar-refractivity contribution < 1.29 is 14.9 Å². The molecule has 2 unspecified atom stereocenters. The summed E-state index contributed by atoms with van der Waals surface area (Å²) in [6, 6.07) is 9.71. The van der Waals surface area contributed by atoms with Crippen LogP contribution in [0.3, 0.4) is 0 Å². The Labute approximate surface area is 109 Å². The summed E-state index contributed by atoms with van der Waals surface area (Å²) in [7, 11) is 0. The maximum Gasteiger partial charge on any atom is 0.0897 e. The van der Waals surface area contributed by atoms with Crippen LogP contribution in [-0.2, 0) is 10.3 Å². The minimum Gasteiger partial charge on any atom is -0.394 e.